The zero-order valence-electron chi connectivity index (χ0n) is 11.8. The molecule has 0 unspecified atom stereocenters. The maximum absolute atomic E-state index is 11.6. The van der Waals surface area contributed by atoms with Gasteiger partial charge >= 0.3 is 0 Å². The molecule has 112 valence electrons. The number of hydrogen-bond acceptors (Lipinski definition) is 3. The Morgan fingerprint density at radius 3 is 2.26 bits per heavy atom. The van der Waals surface area contributed by atoms with Gasteiger partial charge in [-0.2, -0.15) is 0 Å². The van der Waals surface area contributed by atoms with E-state index in [1.807, 2.05) is 0 Å². The van der Waals surface area contributed by atoms with Gasteiger partial charge in [0.25, 0.3) is 0 Å². The molecule has 1 saturated carbocycles. The molecule has 1 aliphatic carbocycles. The minimum absolute atomic E-state index is 0. The second-order valence-electron chi connectivity index (χ2n) is 5.71. The van der Waals surface area contributed by atoms with E-state index in [9.17, 15) is 9.59 Å². The lowest BCUT2D eigenvalue weighted by molar-refractivity contribution is -0.125. The van der Waals surface area contributed by atoms with Crippen LogP contribution in [0.15, 0.2) is 0 Å². The number of halogens is 1. The van der Waals surface area contributed by atoms with Crippen molar-refractivity contribution < 1.29 is 9.59 Å². The van der Waals surface area contributed by atoms with Crippen LogP contribution >= 0.6 is 12.4 Å². The Hall–Kier alpha value is -0.810. The summed E-state index contributed by atoms with van der Waals surface area (Å²) in [5.74, 6) is 0.219. The van der Waals surface area contributed by atoms with E-state index in [1.54, 1.807) is 0 Å². The quantitative estimate of drug-likeness (QED) is 0.649. The minimum Gasteiger partial charge on any atom is -0.354 e. The molecule has 0 radical (unpaired) electrons. The summed E-state index contributed by atoms with van der Waals surface area (Å²) < 4.78 is 0. The lowest BCUT2D eigenvalue weighted by Gasteiger charge is -2.43. The number of rotatable bonds is 7. The topological polar surface area (TPSA) is 84.2 Å². The molecular weight excluding hydrogens is 266 g/mol. The fraction of sp³-hybridized carbons (Fsp3) is 0.846. The Balaban J connectivity index is 0.00000324. The highest BCUT2D eigenvalue weighted by atomic mass is 35.5. The Morgan fingerprint density at radius 2 is 1.84 bits per heavy atom. The van der Waals surface area contributed by atoms with Crippen LogP contribution in [-0.2, 0) is 9.59 Å². The van der Waals surface area contributed by atoms with Crippen LogP contribution in [0.5, 0.6) is 0 Å². The van der Waals surface area contributed by atoms with E-state index in [0.29, 0.717) is 11.3 Å². The van der Waals surface area contributed by atoms with Gasteiger partial charge in [-0.3, -0.25) is 9.59 Å². The van der Waals surface area contributed by atoms with Crippen LogP contribution in [-0.4, -0.2) is 31.4 Å². The Kier molecular flexibility index (Phi) is 8.02. The molecular formula is C13H26ClN3O2. The Labute approximate surface area is 121 Å². The molecule has 0 bridgehead atoms. The molecule has 2 amide bonds. The summed E-state index contributed by atoms with van der Waals surface area (Å²) in [6, 6.07) is 0. The van der Waals surface area contributed by atoms with Gasteiger partial charge in [-0.05, 0) is 30.6 Å². The third kappa shape index (κ3) is 6.25. The van der Waals surface area contributed by atoms with Crippen LogP contribution in [0.1, 0.15) is 39.5 Å². The molecule has 0 heterocycles. The largest absolute Gasteiger partial charge is 0.354 e. The third-order valence-electron chi connectivity index (χ3n) is 3.55. The summed E-state index contributed by atoms with van der Waals surface area (Å²) in [5.41, 5.74) is 5.44. The zero-order valence-corrected chi connectivity index (χ0v) is 12.6. The lowest BCUT2D eigenvalue weighted by Crippen LogP contribution is -2.46. The summed E-state index contributed by atoms with van der Waals surface area (Å²) in [5, 5.41) is 5.38. The number of hydrogen-bond donors (Lipinski definition) is 3. The van der Waals surface area contributed by atoms with Gasteiger partial charge < -0.3 is 16.4 Å². The van der Waals surface area contributed by atoms with E-state index in [0.717, 1.165) is 13.0 Å². The first kappa shape index (κ1) is 18.2. The van der Waals surface area contributed by atoms with Crippen molar-refractivity contribution in [2.75, 3.05) is 19.6 Å². The zero-order chi connectivity index (χ0) is 13.6. The average molecular weight is 292 g/mol. The predicted octanol–water partition coefficient (Wildman–Crippen LogP) is 0.816. The third-order valence-corrected chi connectivity index (χ3v) is 3.55. The summed E-state index contributed by atoms with van der Waals surface area (Å²) in [4.78, 5) is 22.5. The van der Waals surface area contributed by atoms with Crippen LogP contribution in [0.4, 0.5) is 0 Å². The molecule has 1 rings (SSSR count). The van der Waals surface area contributed by atoms with Crippen LogP contribution < -0.4 is 16.4 Å². The molecule has 0 spiro atoms. The second-order valence-corrected chi connectivity index (χ2v) is 5.71. The van der Waals surface area contributed by atoms with Crippen molar-refractivity contribution in [3.63, 3.8) is 0 Å². The van der Waals surface area contributed by atoms with Crippen LogP contribution in [0.25, 0.3) is 0 Å². The molecule has 4 N–H and O–H groups in total. The lowest BCUT2D eigenvalue weighted by atomic mass is 9.64. The molecule has 0 atom stereocenters. The predicted molar refractivity (Wildman–Crippen MR) is 78.1 cm³/mol. The second kappa shape index (κ2) is 8.38. The van der Waals surface area contributed by atoms with Gasteiger partial charge in [0, 0.05) is 6.54 Å². The Morgan fingerprint density at radius 1 is 1.21 bits per heavy atom. The highest BCUT2D eigenvalue weighted by molar-refractivity contribution is 5.85. The first-order valence-corrected chi connectivity index (χ1v) is 6.71. The van der Waals surface area contributed by atoms with Crippen molar-refractivity contribution in [2.45, 2.75) is 39.5 Å². The molecule has 0 aromatic carbocycles. The number of nitrogens with one attached hydrogen (secondary N) is 2. The van der Waals surface area contributed by atoms with E-state index < -0.39 is 0 Å². The van der Waals surface area contributed by atoms with E-state index >= 15 is 0 Å². The highest BCUT2D eigenvalue weighted by Crippen LogP contribution is 2.45. The van der Waals surface area contributed by atoms with E-state index in [1.165, 1.54) is 19.3 Å². The van der Waals surface area contributed by atoms with E-state index in [2.05, 4.69) is 24.5 Å². The van der Waals surface area contributed by atoms with E-state index in [-0.39, 0.29) is 37.3 Å². The molecule has 0 aromatic rings. The smallest absolute Gasteiger partial charge is 0.239 e. The molecule has 0 saturated heterocycles. The summed E-state index contributed by atoms with van der Waals surface area (Å²) in [6.07, 6.45) is 4.80. The van der Waals surface area contributed by atoms with Crippen LogP contribution in [0.2, 0.25) is 0 Å². The van der Waals surface area contributed by atoms with Crippen molar-refractivity contribution in [1.29, 1.82) is 0 Å². The SMILES string of the molecule is CC(C)CC1(CNC(=O)CNC(=O)CN)CCC1.Cl. The van der Waals surface area contributed by atoms with Gasteiger partial charge in [0.1, 0.15) is 0 Å². The first-order chi connectivity index (χ1) is 8.47. The fourth-order valence-electron chi connectivity index (χ4n) is 2.60. The molecule has 6 heteroatoms. The van der Waals surface area contributed by atoms with E-state index in [4.69, 9.17) is 5.73 Å². The van der Waals surface area contributed by atoms with Crippen molar-refractivity contribution in [1.82, 2.24) is 10.6 Å². The first-order valence-electron chi connectivity index (χ1n) is 6.71. The molecule has 1 fully saturated rings. The van der Waals surface area contributed by atoms with Gasteiger partial charge in [0.15, 0.2) is 0 Å². The standard InChI is InChI=1S/C13H25N3O2.ClH/c1-10(2)6-13(4-3-5-13)9-16-12(18)8-15-11(17)7-14;/h10H,3-9,14H2,1-2H3,(H,15,17)(H,16,18);1H. The Bertz CT molecular complexity index is 304. The number of carbonyl (C=O) groups excluding carboxylic acids is 2. The van der Waals surface area contributed by atoms with Gasteiger partial charge in [0.05, 0.1) is 13.1 Å². The van der Waals surface area contributed by atoms with Crippen molar-refractivity contribution >= 4 is 24.2 Å². The van der Waals surface area contributed by atoms with Crippen molar-refractivity contribution in [3.8, 4) is 0 Å². The molecule has 5 nitrogen and oxygen atoms in total. The van der Waals surface area contributed by atoms with Crippen molar-refractivity contribution in [3.05, 3.63) is 0 Å². The van der Waals surface area contributed by atoms with Crippen molar-refractivity contribution in [2.24, 2.45) is 17.1 Å². The summed E-state index contributed by atoms with van der Waals surface area (Å²) in [6.45, 7) is 5.09. The van der Waals surface area contributed by atoms with Gasteiger partial charge in [-0.15, -0.1) is 12.4 Å². The normalized spacial score (nSPS) is 16.2. The summed E-state index contributed by atoms with van der Waals surface area (Å²) in [7, 11) is 0. The number of nitrogens with two attached hydrogens (primary N) is 1. The molecule has 0 aromatic heterocycles. The maximum Gasteiger partial charge on any atom is 0.239 e. The monoisotopic (exact) mass is 291 g/mol. The van der Waals surface area contributed by atoms with Crippen LogP contribution in [0, 0.1) is 11.3 Å². The van der Waals surface area contributed by atoms with Gasteiger partial charge in [-0.1, -0.05) is 20.3 Å². The average Bonchev–Trinajstić information content (AvgIpc) is 2.28. The minimum atomic E-state index is -0.300. The fourth-order valence-corrected chi connectivity index (χ4v) is 2.60. The summed E-state index contributed by atoms with van der Waals surface area (Å²) >= 11 is 0. The van der Waals surface area contributed by atoms with Gasteiger partial charge in [-0.25, -0.2) is 0 Å². The molecule has 1 aliphatic rings. The maximum atomic E-state index is 11.6. The molecule has 19 heavy (non-hydrogen) atoms. The number of carbonyl (C=O) groups is 2. The van der Waals surface area contributed by atoms with Crippen LogP contribution in [0.3, 0.4) is 0 Å². The number of amides is 2. The highest BCUT2D eigenvalue weighted by Gasteiger charge is 2.37. The van der Waals surface area contributed by atoms with Gasteiger partial charge in [0.2, 0.25) is 11.8 Å². The molecule has 0 aliphatic heterocycles.